The molecule has 4 nitrogen and oxygen atoms in total. The second kappa shape index (κ2) is 9.11. The van der Waals surface area contributed by atoms with Gasteiger partial charge in [0.25, 0.3) is 0 Å². The van der Waals surface area contributed by atoms with E-state index < -0.39 is 5.97 Å². The zero-order chi connectivity index (χ0) is 19.4. The van der Waals surface area contributed by atoms with Crippen molar-refractivity contribution in [2.45, 2.75) is 39.2 Å². The van der Waals surface area contributed by atoms with Crippen LogP contribution in [0.2, 0.25) is 0 Å². The Morgan fingerprint density at radius 2 is 1.85 bits per heavy atom. The first-order valence-corrected chi connectivity index (χ1v) is 10.7. The van der Waals surface area contributed by atoms with Gasteiger partial charge in [-0.1, -0.05) is 6.07 Å². The lowest BCUT2D eigenvalue weighted by molar-refractivity contribution is -0.136. The predicted octanol–water partition coefficient (Wildman–Crippen LogP) is 5.94. The maximum atomic E-state index is 10.8. The number of rotatable bonds is 9. The van der Waals surface area contributed by atoms with Crippen LogP contribution in [-0.2, 0) is 17.8 Å². The monoisotopic (exact) mass is 495 g/mol. The van der Waals surface area contributed by atoms with Crippen molar-refractivity contribution in [3.05, 3.63) is 56.0 Å². The number of benzene rings is 2. The van der Waals surface area contributed by atoms with E-state index in [0.29, 0.717) is 13.0 Å². The molecule has 1 aliphatic carbocycles. The second-order valence-electron chi connectivity index (χ2n) is 7.10. The van der Waals surface area contributed by atoms with E-state index in [1.807, 2.05) is 12.1 Å². The van der Waals surface area contributed by atoms with Crippen LogP contribution in [0.1, 0.15) is 36.0 Å². The van der Waals surface area contributed by atoms with Gasteiger partial charge in [-0.2, -0.15) is 0 Å². The summed E-state index contributed by atoms with van der Waals surface area (Å²) in [5.41, 5.74) is 4.41. The summed E-state index contributed by atoms with van der Waals surface area (Å²) in [5, 5.41) is 12.4. The smallest absolute Gasteiger partial charge is 0.303 e. The van der Waals surface area contributed by atoms with Crippen LogP contribution in [-0.4, -0.2) is 17.6 Å². The molecule has 0 heterocycles. The third-order valence-electron chi connectivity index (χ3n) is 4.50. The molecule has 0 unspecified atom stereocenters. The van der Waals surface area contributed by atoms with Gasteiger partial charge in [0.05, 0.1) is 8.95 Å². The third kappa shape index (κ3) is 6.25. The lowest BCUT2D eigenvalue weighted by Gasteiger charge is -2.14. The second-order valence-corrected chi connectivity index (χ2v) is 8.81. The summed E-state index contributed by atoms with van der Waals surface area (Å²) in [5.74, 6) is 0.757. The minimum absolute atomic E-state index is 0.110. The van der Waals surface area contributed by atoms with Crippen LogP contribution in [0, 0.1) is 12.8 Å². The molecule has 2 aromatic carbocycles. The van der Waals surface area contributed by atoms with Crippen LogP contribution in [0.15, 0.2) is 39.3 Å². The predicted molar refractivity (Wildman–Crippen MR) is 115 cm³/mol. The third-order valence-corrected chi connectivity index (χ3v) is 5.68. The van der Waals surface area contributed by atoms with Crippen LogP contribution in [0.3, 0.4) is 0 Å². The highest BCUT2D eigenvalue weighted by Crippen LogP contribution is 2.36. The number of ether oxygens (including phenoxy) is 1. The van der Waals surface area contributed by atoms with Gasteiger partial charge in [0.1, 0.15) is 12.4 Å². The Hall–Kier alpha value is -1.53. The van der Waals surface area contributed by atoms with Gasteiger partial charge in [-0.15, -0.1) is 0 Å². The molecule has 1 saturated carbocycles. The number of nitrogens with one attached hydrogen (secondary N) is 1. The molecule has 0 spiro atoms. The quantitative estimate of drug-likeness (QED) is 0.451. The molecule has 144 valence electrons. The van der Waals surface area contributed by atoms with Crippen LogP contribution < -0.4 is 10.1 Å². The van der Waals surface area contributed by atoms with Gasteiger partial charge in [-0.05, 0) is 105 Å². The lowest BCUT2D eigenvalue weighted by Crippen LogP contribution is -2.05. The number of carbonyl (C=O) groups is 1. The van der Waals surface area contributed by atoms with E-state index in [-0.39, 0.29) is 6.42 Å². The minimum Gasteiger partial charge on any atom is -0.487 e. The van der Waals surface area contributed by atoms with Crippen LogP contribution in [0.4, 0.5) is 5.69 Å². The number of hydrogen-bond acceptors (Lipinski definition) is 3. The fraction of sp³-hybridized carbons (Fsp3) is 0.381. The van der Waals surface area contributed by atoms with Crippen molar-refractivity contribution in [1.29, 1.82) is 0 Å². The average molecular weight is 497 g/mol. The van der Waals surface area contributed by atoms with Crippen molar-refractivity contribution in [3.63, 3.8) is 0 Å². The normalized spacial score (nSPS) is 13.4. The van der Waals surface area contributed by atoms with Crippen LogP contribution in [0.5, 0.6) is 5.75 Å². The molecular formula is C21H23Br2NO3. The number of aryl methyl sites for hydroxylation is 2. The van der Waals surface area contributed by atoms with Gasteiger partial charge < -0.3 is 15.2 Å². The van der Waals surface area contributed by atoms with E-state index >= 15 is 0 Å². The standard InChI is InChI=1S/C21H23Br2NO3/c1-13-6-16(8-17(7-13)24-11-14-2-3-14)12-27-21-18(22)9-15(10-19(21)23)4-5-20(25)26/h6-10,14,24H,2-5,11-12H2,1H3,(H,25,26). The van der Waals surface area contributed by atoms with Gasteiger partial charge in [0.2, 0.25) is 0 Å². The topological polar surface area (TPSA) is 58.6 Å². The largest absolute Gasteiger partial charge is 0.487 e. The van der Waals surface area contributed by atoms with Gasteiger partial charge in [0.15, 0.2) is 0 Å². The average Bonchev–Trinajstić information content (AvgIpc) is 3.41. The van der Waals surface area contributed by atoms with E-state index in [1.54, 1.807) is 0 Å². The van der Waals surface area contributed by atoms with Crippen molar-refractivity contribution < 1.29 is 14.6 Å². The molecule has 3 rings (SSSR count). The highest BCUT2D eigenvalue weighted by atomic mass is 79.9. The number of carboxylic acid groups (broad SMARTS) is 1. The van der Waals surface area contributed by atoms with Crippen molar-refractivity contribution in [2.24, 2.45) is 5.92 Å². The van der Waals surface area contributed by atoms with Gasteiger partial charge in [-0.3, -0.25) is 4.79 Å². The molecule has 0 atom stereocenters. The van der Waals surface area contributed by atoms with Gasteiger partial charge in [-0.25, -0.2) is 0 Å². The van der Waals surface area contributed by atoms with E-state index in [2.05, 4.69) is 62.3 Å². The molecule has 0 bridgehead atoms. The molecule has 0 amide bonds. The first-order chi connectivity index (χ1) is 12.9. The maximum absolute atomic E-state index is 10.8. The van der Waals surface area contributed by atoms with Crippen molar-refractivity contribution in [2.75, 3.05) is 11.9 Å². The molecule has 1 fully saturated rings. The summed E-state index contributed by atoms with van der Waals surface area (Å²) >= 11 is 7.08. The van der Waals surface area contributed by atoms with E-state index in [0.717, 1.165) is 44.0 Å². The molecule has 2 aromatic rings. The maximum Gasteiger partial charge on any atom is 0.303 e. The summed E-state index contributed by atoms with van der Waals surface area (Å²) in [6.07, 6.45) is 3.26. The van der Waals surface area contributed by atoms with Gasteiger partial charge in [0, 0.05) is 18.7 Å². The number of hydrogen-bond donors (Lipinski definition) is 2. The summed E-state index contributed by atoms with van der Waals surface area (Å²) in [4.78, 5) is 10.8. The van der Waals surface area contributed by atoms with Gasteiger partial charge >= 0.3 is 5.97 Å². The Balaban J connectivity index is 1.66. The molecule has 0 saturated heterocycles. The molecule has 0 radical (unpaired) electrons. The van der Waals surface area contributed by atoms with Crippen molar-refractivity contribution >= 4 is 43.5 Å². The van der Waals surface area contributed by atoms with E-state index in [9.17, 15) is 4.79 Å². The number of halogens is 2. The molecular weight excluding hydrogens is 474 g/mol. The zero-order valence-corrected chi connectivity index (χ0v) is 18.4. The number of anilines is 1. The molecule has 27 heavy (non-hydrogen) atoms. The van der Waals surface area contributed by atoms with E-state index in [1.165, 1.54) is 18.4 Å². The fourth-order valence-corrected chi connectivity index (χ4v) is 4.44. The SMILES string of the molecule is Cc1cc(COc2c(Br)cc(CCC(=O)O)cc2Br)cc(NCC2CC2)c1. The Labute approximate surface area is 176 Å². The first-order valence-electron chi connectivity index (χ1n) is 9.07. The highest BCUT2D eigenvalue weighted by Gasteiger charge is 2.20. The molecule has 1 aliphatic rings. The van der Waals surface area contributed by atoms with Crippen molar-refractivity contribution in [3.8, 4) is 5.75 Å². The first kappa shape index (κ1) is 20.2. The molecule has 6 heteroatoms. The zero-order valence-electron chi connectivity index (χ0n) is 15.2. The number of carboxylic acids is 1. The summed E-state index contributed by atoms with van der Waals surface area (Å²) in [6.45, 7) is 3.60. The Kier molecular flexibility index (Phi) is 6.82. The molecule has 0 aromatic heterocycles. The molecule has 2 N–H and O–H groups in total. The highest BCUT2D eigenvalue weighted by molar-refractivity contribution is 9.11. The summed E-state index contributed by atoms with van der Waals surface area (Å²) < 4.78 is 7.68. The van der Waals surface area contributed by atoms with Crippen LogP contribution >= 0.6 is 31.9 Å². The Bertz CT molecular complexity index is 811. The van der Waals surface area contributed by atoms with Crippen LogP contribution in [0.25, 0.3) is 0 Å². The summed E-state index contributed by atoms with van der Waals surface area (Å²) in [7, 11) is 0. The van der Waals surface area contributed by atoms with E-state index in [4.69, 9.17) is 9.84 Å². The minimum atomic E-state index is -0.798. The lowest BCUT2D eigenvalue weighted by atomic mass is 10.1. The fourth-order valence-electron chi connectivity index (χ4n) is 2.93. The Morgan fingerprint density at radius 1 is 1.15 bits per heavy atom. The molecule has 0 aliphatic heterocycles. The Morgan fingerprint density at radius 3 is 2.48 bits per heavy atom. The number of aliphatic carboxylic acids is 1. The summed E-state index contributed by atoms with van der Waals surface area (Å²) in [6, 6.07) is 10.3. The van der Waals surface area contributed by atoms with Crippen molar-refractivity contribution in [1.82, 2.24) is 0 Å².